The standard InChI is InChI=1S/C47H54O4/c1-6-34(7-2)35-20-22-38(23-21-35)47(31-44(36-16-12-10-13-17-36)43-30-42(49-5)28-29-45(43)47)39-24-26-41(27-25-39)50-32-40(48)33-51-46(8-3,9-4)37-18-14-11-15-19-37/h10-30,34,40,44,48H,6-9,31-33H2,1-5H3. The quantitative estimate of drug-likeness (QED) is 0.113. The third-order valence-electron chi connectivity index (χ3n) is 11.5. The molecule has 3 atom stereocenters. The summed E-state index contributed by atoms with van der Waals surface area (Å²) in [6.07, 6.45) is 4.06. The van der Waals surface area contributed by atoms with Gasteiger partial charge in [0.15, 0.2) is 0 Å². The Kier molecular flexibility index (Phi) is 11.6. The smallest absolute Gasteiger partial charge is 0.119 e. The van der Waals surface area contributed by atoms with Gasteiger partial charge in [-0.05, 0) is 101 Å². The summed E-state index contributed by atoms with van der Waals surface area (Å²) < 4.78 is 18.3. The molecule has 1 aliphatic rings. The van der Waals surface area contributed by atoms with Gasteiger partial charge in [0.2, 0.25) is 0 Å². The minimum Gasteiger partial charge on any atom is -0.497 e. The molecule has 0 aliphatic heterocycles. The Hall–Kier alpha value is -4.38. The number of rotatable bonds is 16. The average Bonchev–Trinajstić information content (AvgIpc) is 3.55. The van der Waals surface area contributed by atoms with Crippen LogP contribution in [0.2, 0.25) is 0 Å². The largest absolute Gasteiger partial charge is 0.497 e. The second kappa shape index (κ2) is 16.3. The lowest BCUT2D eigenvalue weighted by molar-refractivity contribution is -0.0961. The molecule has 4 nitrogen and oxygen atoms in total. The van der Waals surface area contributed by atoms with Crippen molar-refractivity contribution in [1.29, 1.82) is 0 Å². The third kappa shape index (κ3) is 7.36. The van der Waals surface area contributed by atoms with E-state index in [0.717, 1.165) is 49.2 Å². The number of aliphatic hydroxyl groups excluding tert-OH is 1. The minimum absolute atomic E-state index is 0.152. The lowest BCUT2D eigenvalue weighted by Gasteiger charge is -2.34. The summed E-state index contributed by atoms with van der Waals surface area (Å²) in [5, 5.41) is 11.0. The van der Waals surface area contributed by atoms with E-state index in [1.807, 2.05) is 18.2 Å². The number of fused-ring (bicyclic) bond motifs is 1. The summed E-state index contributed by atoms with van der Waals surface area (Å²) in [7, 11) is 1.74. The molecule has 266 valence electrons. The van der Waals surface area contributed by atoms with Gasteiger partial charge in [-0.2, -0.15) is 0 Å². The van der Waals surface area contributed by atoms with E-state index in [1.165, 1.54) is 33.4 Å². The van der Waals surface area contributed by atoms with Gasteiger partial charge in [-0.15, -0.1) is 0 Å². The SMILES string of the molecule is CCC(CC)c1ccc(C2(c3ccc(OCC(O)COC(CC)(CC)c4ccccc4)cc3)CC(c3ccccc3)c3cc(OC)ccc32)cc1. The molecule has 5 aromatic carbocycles. The maximum atomic E-state index is 11.0. The number of benzene rings is 5. The van der Waals surface area contributed by atoms with Gasteiger partial charge in [-0.1, -0.05) is 131 Å². The van der Waals surface area contributed by atoms with Gasteiger partial charge in [0, 0.05) is 11.3 Å². The third-order valence-corrected chi connectivity index (χ3v) is 11.5. The Morgan fingerprint density at radius 1 is 0.706 bits per heavy atom. The summed E-state index contributed by atoms with van der Waals surface area (Å²) in [6.45, 7) is 9.18. The molecule has 6 rings (SSSR count). The molecule has 0 heterocycles. The molecule has 1 aliphatic carbocycles. The number of hydrogen-bond acceptors (Lipinski definition) is 4. The maximum absolute atomic E-state index is 11.0. The van der Waals surface area contributed by atoms with Crippen molar-refractivity contribution in [1.82, 2.24) is 0 Å². The van der Waals surface area contributed by atoms with Gasteiger partial charge in [0.1, 0.15) is 24.2 Å². The molecule has 51 heavy (non-hydrogen) atoms. The summed E-state index contributed by atoms with van der Waals surface area (Å²) in [4.78, 5) is 0. The van der Waals surface area contributed by atoms with Gasteiger partial charge in [0.05, 0.1) is 19.3 Å². The lowest BCUT2D eigenvalue weighted by atomic mass is 9.69. The molecule has 0 bridgehead atoms. The highest BCUT2D eigenvalue weighted by molar-refractivity contribution is 5.62. The van der Waals surface area contributed by atoms with E-state index in [1.54, 1.807) is 7.11 Å². The maximum Gasteiger partial charge on any atom is 0.119 e. The van der Waals surface area contributed by atoms with Crippen LogP contribution in [0.3, 0.4) is 0 Å². The van der Waals surface area contributed by atoms with E-state index in [2.05, 4.69) is 137 Å². The molecule has 0 saturated heterocycles. The van der Waals surface area contributed by atoms with Crippen LogP contribution in [-0.2, 0) is 15.8 Å². The zero-order valence-electron chi connectivity index (χ0n) is 31.0. The van der Waals surface area contributed by atoms with Gasteiger partial charge in [0.25, 0.3) is 0 Å². The fraction of sp³-hybridized carbons (Fsp3) is 0.362. The van der Waals surface area contributed by atoms with Crippen molar-refractivity contribution in [3.63, 3.8) is 0 Å². The van der Waals surface area contributed by atoms with Crippen LogP contribution < -0.4 is 9.47 Å². The van der Waals surface area contributed by atoms with Crippen LogP contribution in [0.15, 0.2) is 127 Å². The normalized spacial score (nSPS) is 17.7. The summed E-state index contributed by atoms with van der Waals surface area (Å²) >= 11 is 0. The first-order valence-electron chi connectivity index (χ1n) is 18.9. The Balaban J connectivity index is 1.29. The summed E-state index contributed by atoms with van der Waals surface area (Å²) in [6, 6.07) is 45.7. The lowest BCUT2D eigenvalue weighted by Crippen LogP contribution is -2.34. The van der Waals surface area contributed by atoms with Gasteiger partial charge >= 0.3 is 0 Å². The van der Waals surface area contributed by atoms with Crippen LogP contribution in [-0.4, -0.2) is 31.5 Å². The summed E-state index contributed by atoms with van der Waals surface area (Å²) in [5.41, 5.74) is 8.16. The van der Waals surface area contributed by atoms with E-state index in [4.69, 9.17) is 14.2 Å². The Morgan fingerprint density at radius 2 is 1.29 bits per heavy atom. The fourth-order valence-corrected chi connectivity index (χ4v) is 8.39. The van der Waals surface area contributed by atoms with Crippen molar-refractivity contribution in [2.24, 2.45) is 0 Å². The molecule has 0 aromatic heterocycles. The molecule has 0 radical (unpaired) electrons. The first kappa shape index (κ1) is 36.4. The summed E-state index contributed by atoms with van der Waals surface area (Å²) in [5.74, 6) is 2.36. The number of aliphatic hydroxyl groups is 1. The van der Waals surface area contributed by atoms with Crippen LogP contribution in [0.5, 0.6) is 11.5 Å². The molecule has 0 fully saturated rings. The predicted octanol–water partition coefficient (Wildman–Crippen LogP) is 10.9. The van der Waals surface area contributed by atoms with E-state index in [-0.39, 0.29) is 24.5 Å². The van der Waals surface area contributed by atoms with E-state index < -0.39 is 11.7 Å². The number of methoxy groups -OCH3 is 1. The Bertz CT molecular complexity index is 1810. The number of hydrogen-bond donors (Lipinski definition) is 1. The van der Waals surface area contributed by atoms with Crippen molar-refractivity contribution >= 4 is 0 Å². The highest BCUT2D eigenvalue weighted by Crippen LogP contribution is 2.56. The van der Waals surface area contributed by atoms with Crippen LogP contribution in [0.25, 0.3) is 0 Å². The van der Waals surface area contributed by atoms with Gasteiger partial charge in [-0.25, -0.2) is 0 Å². The average molecular weight is 683 g/mol. The molecular formula is C47H54O4. The molecule has 1 N–H and O–H groups in total. The Morgan fingerprint density at radius 3 is 1.88 bits per heavy atom. The molecule has 3 unspecified atom stereocenters. The second-order valence-electron chi connectivity index (χ2n) is 14.0. The fourth-order valence-electron chi connectivity index (χ4n) is 8.39. The van der Waals surface area contributed by atoms with E-state index in [0.29, 0.717) is 5.92 Å². The zero-order valence-corrected chi connectivity index (χ0v) is 31.0. The highest BCUT2D eigenvalue weighted by atomic mass is 16.5. The van der Waals surface area contributed by atoms with Crippen LogP contribution in [0.1, 0.15) is 111 Å². The molecule has 0 spiro atoms. The van der Waals surface area contributed by atoms with Crippen LogP contribution in [0, 0.1) is 0 Å². The Labute approximate surface area is 305 Å². The van der Waals surface area contributed by atoms with Crippen LogP contribution >= 0.6 is 0 Å². The van der Waals surface area contributed by atoms with Gasteiger partial charge in [-0.3, -0.25) is 0 Å². The van der Waals surface area contributed by atoms with Crippen molar-refractivity contribution in [3.05, 3.63) is 166 Å². The topological polar surface area (TPSA) is 47.9 Å². The number of ether oxygens (including phenoxy) is 3. The van der Waals surface area contributed by atoms with E-state index in [9.17, 15) is 5.11 Å². The van der Waals surface area contributed by atoms with Crippen molar-refractivity contribution in [2.75, 3.05) is 20.3 Å². The van der Waals surface area contributed by atoms with Crippen LogP contribution in [0.4, 0.5) is 0 Å². The van der Waals surface area contributed by atoms with Crippen molar-refractivity contribution in [3.8, 4) is 11.5 Å². The van der Waals surface area contributed by atoms with Crippen molar-refractivity contribution in [2.45, 2.75) is 88.8 Å². The monoisotopic (exact) mass is 682 g/mol. The minimum atomic E-state index is -0.755. The second-order valence-corrected chi connectivity index (χ2v) is 14.0. The van der Waals surface area contributed by atoms with Gasteiger partial charge < -0.3 is 19.3 Å². The highest BCUT2D eigenvalue weighted by Gasteiger charge is 2.47. The van der Waals surface area contributed by atoms with E-state index >= 15 is 0 Å². The zero-order chi connectivity index (χ0) is 35.8. The predicted molar refractivity (Wildman–Crippen MR) is 208 cm³/mol. The first-order chi connectivity index (χ1) is 24.9. The molecular weight excluding hydrogens is 629 g/mol. The molecule has 0 amide bonds. The molecule has 5 aromatic rings. The first-order valence-corrected chi connectivity index (χ1v) is 18.9. The molecule has 0 saturated carbocycles. The molecule has 4 heteroatoms. The van der Waals surface area contributed by atoms with Crippen molar-refractivity contribution < 1.29 is 19.3 Å².